The van der Waals surface area contributed by atoms with E-state index in [1.807, 2.05) is 13.1 Å². The van der Waals surface area contributed by atoms with E-state index in [4.69, 9.17) is 0 Å². The van der Waals surface area contributed by atoms with Crippen molar-refractivity contribution in [2.24, 2.45) is 5.92 Å². The normalized spacial score (nSPS) is 16.1. The van der Waals surface area contributed by atoms with Gasteiger partial charge in [0.25, 0.3) is 0 Å². The molecule has 0 saturated heterocycles. The number of imidazole rings is 1. The number of aliphatic hydroxyl groups is 1. The molecule has 1 N–H and O–H groups in total. The first-order valence-corrected chi connectivity index (χ1v) is 8.25. The van der Waals surface area contributed by atoms with Crippen molar-refractivity contribution in [1.82, 2.24) is 9.55 Å². The molecule has 3 unspecified atom stereocenters. The van der Waals surface area contributed by atoms with E-state index in [0.717, 1.165) is 25.1 Å². The molecule has 0 saturated carbocycles. The molecule has 0 amide bonds. The summed E-state index contributed by atoms with van der Waals surface area (Å²) in [5.41, 5.74) is 1.29. The summed E-state index contributed by atoms with van der Waals surface area (Å²) in [6, 6.07) is 0. The molecule has 20 heavy (non-hydrogen) atoms. The number of rotatable bonds is 9. The van der Waals surface area contributed by atoms with Gasteiger partial charge in [-0.15, -0.1) is 0 Å². The van der Waals surface area contributed by atoms with E-state index in [9.17, 15) is 5.11 Å². The fourth-order valence-electron chi connectivity index (χ4n) is 2.67. The average molecular weight is 280 g/mol. The lowest BCUT2D eigenvalue weighted by Crippen LogP contribution is -2.20. The summed E-state index contributed by atoms with van der Waals surface area (Å²) in [6.45, 7) is 11.7. The van der Waals surface area contributed by atoms with Gasteiger partial charge in [0, 0.05) is 24.4 Å². The molecule has 0 spiro atoms. The molecule has 1 heterocycles. The Hall–Kier alpha value is -0.830. The summed E-state index contributed by atoms with van der Waals surface area (Å²) in [5.74, 6) is 2.27. The fourth-order valence-corrected chi connectivity index (χ4v) is 2.67. The first kappa shape index (κ1) is 17.2. The van der Waals surface area contributed by atoms with E-state index < -0.39 is 0 Å². The second-order valence-electron chi connectivity index (χ2n) is 6.19. The molecule has 0 radical (unpaired) electrons. The minimum absolute atomic E-state index is 0.271. The molecule has 3 nitrogen and oxygen atoms in total. The van der Waals surface area contributed by atoms with E-state index in [-0.39, 0.29) is 6.10 Å². The quantitative estimate of drug-likeness (QED) is 0.738. The van der Waals surface area contributed by atoms with E-state index in [2.05, 4.69) is 37.2 Å². The van der Waals surface area contributed by atoms with Crippen molar-refractivity contribution >= 4 is 0 Å². The van der Waals surface area contributed by atoms with Gasteiger partial charge in [0.2, 0.25) is 0 Å². The Bertz CT molecular complexity index is 386. The zero-order chi connectivity index (χ0) is 15.1. The molecule has 1 aromatic rings. The minimum Gasteiger partial charge on any atom is -0.391 e. The zero-order valence-electron chi connectivity index (χ0n) is 13.9. The lowest BCUT2D eigenvalue weighted by atomic mass is 10.0. The fraction of sp³-hybridized carbons (Fsp3) is 0.824. The summed E-state index contributed by atoms with van der Waals surface area (Å²) in [4.78, 5) is 4.64. The Balaban J connectivity index is 2.95. The molecule has 0 aliphatic rings. The van der Waals surface area contributed by atoms with Gasteiger partial charge >= 0.3 is 0 Å². The highest BCUT2D eigenvalue weighted by Crippen LogP contribution is 2.22. The van der Waals surface area contributed by atoms with Crippen molar-refractivity contribution in [3.63, 3.8) is 0 Å². The van der Waals surface area contributed by atoms with Crippen LogP contribution in [0.15, 0.2) is 6.20 Å². The lowest BCUT2D eigenvalue weighted by molar-refractivity contribution is 0.147. The summed E-state index contributed by atoms with van der Waals surface area (Å²) in [7, 11) is 0. The van der Waals surface area contributed by atoms with Crippen LogP contribution in [-0.4, -0.2) is 20.8 Å². The van der Waals surface area contributed by atoms with Crippen molar-refractivity contribution in [2.45, 2.75) is 85.3 Å². The molecular weight excluding hydrogens is 248 g/mol. The van der Waals surface area contributed by atoms with Crippen LogP contribution in [0, 0.1) is 5.92 Å². The topological polar surface area (TPSA) is 38.0 Å². The second kappa shape index (κ2) is 8.46. The Morgan fingerprint density at radius 3 is 2.45 bits per heavy atom. The highest BCUT2D eigenvalue weighted by molar-refractivity contribution is 5.10. The summed E-state index contributed by atoms with van der Waals surface area (Å²) >= 11 is 0. The van der Waals surface area contributed by atoms with Crippen LogP contribution < -0.4 is 0 Å². The Morgan fingerprint density at radius 1 is 1.20 bits per heavy atom. The largest absolute Gasteiger partial charge is 0.391 e. The number of hydrogen-bond acceptors (Lipinski definition) is 2. The highest BCUT2D eigenvalue weighted by Gasteiger charge is 2.18. The summed E-state index contributed by atoms with van der Waals surface area (Å²) < 4.78 is 2.27. The van der Waals surface area contributed by atoms with Crippen LogP contribution in [-0.2, 0) is 13.0 Å². The van der Waals surface area contributed by atoms with Crippen LogP contribution in [0.25, 0.3) is 0 Å². The van der Waals surface area contributed by atoms with Crippen molar-refractivity contribution in [2.75, 3.05) is 0 Å². The predicted molar refractivity (Wildman–Crippen MR) is 85.0 cm³/mol. The van der Waals surface area contributed by atoms with Gasteiger partial charge in [0.15, 0.2) is 0 Å². The van der Waals surface area contributed by atoms with Crippen molar-refractivity contribution in [3.8, 4) is 0 Å². The van der Waals surface area contributed by atoms with Crippen LogP contribution in [0.3, 0.4) is 0 Å². The molecule has 0 aromatic carbocycles. The maximum Gasteiger partial charge on any atom is 0.111 e. The first-order chi connectivity index (χ1) is 9.53. The van der Waals surface area contributed by atoms with Crippen molar-refractivity contribution in [3.05, 3.63) is 17.7 Å². The molecule has 116 valence electrons. The summed E-state index contributed by atoms with van der Waals surface area (Å²) in [6.07, 6.45) is 7.17. The third-order valence-electron chi connectivity index (χ3n) is 4.23. The second-order valence-corrected chi connectivity index (χ2v) is 6.19. The predicted octanol–water partition coefficient (Wildman–Crippen LogP) is 4.15. The van der Waals surface area contributed by atoms with Gasteiger partial charge in [-0.2, -0.15) is 0 Å². The third kappa shape index (κ3) is 4.62. The number of hydrogen-bond donors (Lipinski definition) is 1. The van der Waals surface area contributed by atoms with Gasteiger partial charge in [-0.05, 0) is 25.2 Å². The van der Waals surface area contributed by atoms with Crippen molar-refractivity contribution in [1.29, 1.82) is 0 Å². The number of nitrogens with zero attached hydrogens (tertiary/aromatic N) is 2. The summed E-state index contributed by atoms with van der Waals surface area (Å²) in [5, 5.41) is 10.0. The maximum absolute atomic E-state index is 10.0. The first-order valence-electron chi connectivity index (χ1n) is 8.25. The average Bonchev–Trinajstić information content (AvgIpc) is 2.81. The van der Waals surface area contributed by atoms with Crippen molar-refractivity contribution < 1.29 is 5.11 Å². The van der Waals surface area contributed by atoms with Gasteiger partial charge in [-0.1, -0.05) is 47.5 Å². The molecule has 0 fully saturated rings. The third-order valence-corrected chi connectivity index (χ3v) is 4.23. The lowest BCUT2D eigenvalue weighted by Gasteiger charge is -2.19. The molecule has 1 rings (SSSR count). The van der Waals surface area contributed by atoms with Crippen LogP contribution >= 0.6 is 0 Å². The molecule has 3 heteroatoms. The van der Waals surface area contributed by atoms with Crippen LogP contribution in [0.4, 0.5) is 0 Å². The zero-order valence-corrected chi connectivity index (χ0v) is 13.9. The standard InChI is InChI=1S/C17H32N2O/c1-6-9-13(4)10-15-11-18-17(14(5)7-2)19(15)12-16(20)8-3/h11,13-14,16,20H,6-10,12H2,1-5H3. The van der Waals surface area contributed by atoms with Gasteiger partial charge < -0.3 is 9.67 Å². The molecule has 3 atom stereocenters. The smallest absolute Gasteiger partial charge is 0.111 e. The van der Waals surface area contributed by atoms with E-state index in [1.165, 1.54) is 18.5 Å². The van der Waals surface area contributed by atoms with Gasteiger partial charge in [0.05, 0.1) is 6.10 Å². The van der Waals surface area contributed by atoms with Crippen LogP contribution in [0.2, 0.25) is 0 Å². The molecule has 0 bridgehead atoms. The van der Waals surface area contributed by atoms with Gasteiger partial charge in [-0.25, -0.2) is 4.98 Å². The number of aliphatic hydroxyl groups excluding tert-OH is 1. The minimum atomic E-state index is -0.271. The van der Waals surface area contributed by atoms with Crippen LogP contribution in [0.5, 0.6) is 0 Å². The van der Waals surface area contributed by atoms with Gasteiger partial charge in [0.1, 0.15) is 5.82 Å². The molecular formula is C17H32N2O. The SMILES string of the molecule is CCCC(C)Cc1cnc(C(C)CC)n1CC(O)CC. The number of aromatic nitrogens is 2. The monoisotopic (exact) mass is 280 g/mol. The van der Waals surface area contributed by atoms with E-state index >= 15 is 0 Å². The maximum atomic E-state index is 10.0. The van der Waals surface area contributed by atoms with E-state index in [1.54, 1.807) is 0 Å². The molecule has 1 aromatic heterocycles. The van der Waals surface area contributed by atoms with Gasteiger partial charge in [-0.3, -0.25) is 0 Å². The Morgan fingerprint density at radius 2 is 1.90 bits per heavy atom. The highest BCUT2D eigenvalue weighted by atomic mass is 16.3. The molecule has 0 aliphatic heterocycles. The van der Waals surface area contributed by atoms with E-state index in [0.29, 0.717) is 18.4 Å². The Kier molecular flexibility index (Phi) is 7.28. The molecule has 0 aliphatic carbocycles. The van der Waals surface area contributed by atoms with Crippen LogP contribution in [0.1, 0.15) is 77.7 Å². The Labute approximate surface area is 124 Å².